The lowest BCUT2D eigenvalue weighted by Gasteiger charge is -2.08. The SMILES string of the molecule is CNCc1cc(Br)ccc1Sc1cnccn1. The van der Waals surface area contributed by atoms with E-state index in [2.05, 4.69) is 43.3 Å². The summed E-state index contributed by atoms with van der Waals surface area (Å²) in [5.74, 6) is 0. The molecule has 1 N–H and O–H groups in total. The number of halogens is 1. The molecule has 5 heteroatoms. The number of hydrogen-bond acceptors (Lipinski definition) is 4. The molecule has 0 aliphatic carbocycles. The predicted octanol–water partition coefficient (Wildman–Crippen LogP) is 3.11. The normalized spacial score (nSPS) is 10.5. The number of nitrogens with one attached hydrogen (secondary N) is 1. The van der Waals surface area contributed by atoms with Crippen molar-refractivity contribution in [3.8, 4) is 0 Å². The van der Waals surface area contributed by atoms with E-state index in [4.69, 9.17) is 0 Å². The van der Waals surface area contributed by atoms with Gasteiger partial charge in [0.2, 0.25) is 0 Å². The molecule has 88 valence electrons. The van der Waals surface area contributed by atoms with Crippen LogP contribution in [0.15, 0.2) is 51.2 Å². The largest absolute Gasteiger partial charge is 0.316 e. The smallest absolute Gasteiger partial charge is 0.119 e. The first kappa shape index (κ1) is 12.5. The maximum absolute atomic E-state index is 4.27. The molecule has 1 heterocycles. The summed E-state index contributed by atoms with van der Waals surface area (Å²) >= 11 is 5.12. The van der Waals surface area contributed by atoms with Crippen molar-refractivity contribution in [3.63, 3.8) is 0 Å². The lowest BCUT2D eigenvalue weighted by molar-refractivity contribution is 0.802. The molecule has 0 bridgehead atoms. The second-order valence-electron chi connectivity index (χ2n) is 3.43. The second kappa shape index (κ2) is 6.14. The van der Waals surface area contributed by atoms with Gasteiger partial charge in [0, 0.05) is 28.3 Å². The fraction of sp³-hybridized carbons (Fsp3) is 0.167. The minimum atomic E-state index is 0.835. The first-order chi connectivity index (χ1) is 8.29. The van der Waals surface area contributed by atoms with Crippen LogP contribution in [0.5, 0.6) is 0 Å². The molecule has 0 fully saturated rings. The van der Waals surface area contributed by atoms with E-state index in [-0.39, 0.29) is 0 Å². The third kappa shape index (κ3) is 3.52. The summed E-state index contributed by atoms with van der Waals surface area (Å²) in [6.45, 7) is 0.835. The van der Waals surface area contributed by atoms with E-state index >= 15 is 0 Å². The van der Waals surface area contributed by atoms with E-state index in [1.54, 1.807) is 30.4 Å². The van der Waals surface area contributed by atoms with Crippen molar-refractivity contribution in [2.75, 3.05) is 7.05 Å². The summed E-state index contributed by atoms with van der Waals surface area (Å²) in [5, 5.41) is 4.08. The first-order valence-corrected chi connectivity index (χ1v) is 6.77. The lowest BCUT2D eigenvalue weighted by Crippen LogP contribution is -2.06. The molecule has 2 aromatic rings. The molecular weight excluding hydrogens is 298 g/mol. The lowest BCUT2D eigenvalue weighted by atomic mass is 10.2. The Balaban J connectivity index is 2.26. The van der Waals surface area contributed by atoms with Crippen LogP contribution in [0.4, 0.5) is 0 Å². The number of benzene rings is 1. The summed E-state index contributed by atoms with van der Waals surface area (Å²) in [4.78, 5) is 9.53. The quantitative estimate of drug-likeness (QED) is 0.941. The molecule has 1 aromatic carbocycles. The van der Waals surface area contributed by atoms with Gasteiger partial charge >= 0.3 is 0 Å². The monoisotopic (exact) mass is 309 g/mol. The summed E-state index contributed by atoms with van der Waals surface area (Å²) in [5.41, 5.74) is 1.25. The number of aromatic nitrogens is 2. The van der Waals surface area contributed by atoms with Crippen molar-refractivity contribution in [1.29, 1.82) is 0 Å². The van der Waals surface area contributed by atoms with E-state index in [0.29, 0.717) is 0 Å². The van der Waals surface area contributed by atoms with Gasteiger partial charge in [-0.2, -0.15) is 0 Å². The van der Waals surface area contributed by atoms with Crippen molar-refractivity contribution in [1.82, 2.24) is 15.3 Å². The number of nitrogens with zero attached hydrogens (tertiary/aromatic N) is 2. The summed E-state index contributed by atoms with van der Waals surface area (Å²) in [6, 6.07) is 6.25. The molecule has 0 atom stereocenters. The molecule has 0 saturated heterocycles. The van der Waals surface area contributed by atoms with Gasteiger partial charge in [-0.05, 0) is 30.8 Å². The first-order valence-electron chi connectivity index (χ1n) is 5.16. The van der Waals surface area contributed by atoms with E-state index in [1.807, 2.05) is 13.1 Å². The van der Waals surface area contributed by atoms with Crippen LogP contribution < -0.4 is 5.32 Å². The van der Waals surface area contributed by atoms with E-state index in [0.717, 1.165) is 16.0 Å². The highest BCUT2D eigenvalue weighted by atomic mass is 79.9. The van der Waals surface area contributed by atoms with E-state index < -0.39 is 0 Å². The van der Waals surface area contributed by atoms with Gasteiger partial charge in [-0.25, -0.2) is 4.98 Å². The molecule has 0 aliphatic rings. The maximum Gasteiger partial charge on any atom is 0.119 e. The summed E-state index contributed by atoms with van der Waals surface area (Å²) < 4.78 is 1.09. The number of rotatable bonds is 4. The van der Waals surface area contributed by atoms with Gasteiger partial charge in [0.1, 0.15) is 5.03 Å². The third-order valence-corrected chi connectivity index (χ3v) is 3.68. The molecule has 17 heavy (non-hydrogen) atoms. The Hall–Kier alpha value is -0.910. The van der Waals surface area contributed by atoms with Gasteiger partial charge in [-0.3, -0.25) is 4.98 Å². The van der Waals surface area contributed by atoms with Crippen LogP contribution in [0.3, 0.4) is 0 Å². The molecule has 1 aromatic heterocycles. The summed E-state index contributed by atoms with van der Waals surface area (Å²) in [7, 11) is 1.94. The Morgan fingerprint density at radius 2 is 2.24 bits per heavy atom. The molecule has 0 aliphatic heterocycles. The molecule has 0 spiro atoms. The molecule has 3 nitrogen and oxygen atoms in total. The molecule has 0 amide bonds. The molecule has 0 radical (unpaired) electrons. The van der Waals surface area contributed by atoms with Crippen LogP contribution in [0.1, 0.15) is 5.56 Å². The Morgan fingerprint density at radius 3 is 2.94 bits per heavy atom. The highest BCUT2D eigenvalue weighted by Gasteiger charge is 2.05. The predicted molar refractivity (Wildman–Crippen MR) is 73.1 cm³/mol. The Morgan fingerprint density at radius 1 is 1.35 bits per heavy atom. The van der Waals surface area contributed by atoms with Crippen LogP contribution in [0.2, 0.25) is 0 Å². The average Bonchev–Trinajstić information content (AvgIpc) is 2.34. The van der Waals surface area contributed by atoms with Crippen molar-refractivity contribution in [3.05, 3.63) is 46.8 Å². The van der Waals surface area contributed by atoms with Crippen LogP contribution >= 0.6 is 27.7 Å². The standard InChI is InChI=1S/C12H12BrN3S/c1-14-7-9-6-10(13)2-3-11(9)17-12-8-15-4-5-16-12/h2-6,8,14H,7H2,1H3. The Labute approximate surface area is 113 Å². The Kier molecular flexibility index (Phi) is 4.53. The van der Waals surface area contributed by atoms with Crippen LogP contribution in [-0.4, -0.2) is 17.0 Å². The fourth-order valence-electron chi connectivity index (χ4n) is 1.43. The summed E-state index contributed by atoms with van der Waals surface area (Å²) in [6.07, 6.45) is 5.16. The zero-order valence-electron chi connectivity index (χ0n) is 9.35. The van der Waals surface area contributed by atoms with Gasteiger partial charge in [-0.1, -0.05) is 27.7 Å². The van der Waals surface area contributed by atoms with Gasteiger partial charge in [-0.15, -0.1) is 0 Å². The Bertz CT molecular complexity index is 490. The minimum absolute atomic E-state index is 0.835. The van der Waals surface area contributed by atoms with Gasteiger partial charge in [0.15, 0.2) is 0 Å². The van der Waals surface area contributed by atoms with Crippen molar-refractivity contribution in [2.45, 2.75) is 16.5 Å². The number of hydrogen-bond donors (Lipinski definition) is 1. The van der Waals surface area contributed by atoms with Gasteiger partial charge in [0.25, 0.3) is 0 Å². The zero-order valence-corrected chi connectivity index (χ0v) is 11.8. The average molecular weight is 310 g/mol. The van der Waals surface area contributed by atoms with E-state index in [1.165, 1.54) is 10.5 Å². The maximum atomic E-state index is 4.27. The molecule has 0 saturated carbocycles. The highest BCUT2D eigenvalue weighted by Crippen LogP contribution is 2.30. The molecule has 2 rings (SSSR count). The minimum Gasteiger partial charge on any atom is -0.316 e. The van der Waals surface area contributed by atoms with Crippen molar-refractivity contribution >= 4 is 27.7 Å². The van der Waals surface area contributed by atoms with Crippen molar-refractivity contribution in [2.24, 2.45) is 0 Å². The molecular formula is C12H12BrN3S. The van der Waals surface area contributed by atoms with Crippen molar-refractivity contribution < 1.29 is 0 Å². The second-order valence-corrected chi connectivity index (χ2v) is 5.41. The third-order valence-electron chi connectivity index (χ3n) is 2.14. The fourth-order valence-corrected chi connectivity index (χ4v) is 2.69. The van der Waals surface area contributed by atoms with Crippen LogP contribution in [-0.2, 0) is 6.54 Å². The van der Waals surface area contributed by atoms with E-state index in [9.17, 15) is 0 Å². The highest BCUT2D eigenvalue weighted by molar-refractivity contribution is 9.10. The molecule has 0 unspecified atom stereocenters. The van der Waals surface area contributed by atoms with Crippen LogP contribution in [0.25, 0.3) is 0 Å². The zero-order chi connectivity index (χ0) is 12.1. The van der Waals surface area contributed by atoms with Gasteiger partial charge in [0.05, 0.1) is 6.20 Å². The van der Waals surface area contributed by atoms with Crippen LogP contribution in [0, 0.1) is 0 Å². The topological polar surface area (TPSA) is 37.8 Å². The van der Waals surface area contributed by atoms with Gasteiger partial charge < -0.3 is 5.32 Å².